The third kappa shape index (κ3) is 6.30. The van der Waals surface area contributed by atoms with E-state index in [9.17, 15) is 22.7 Å². The Morgan fingerprint density at radius 3 is 2.44 bits per heavy atom. The highest BCUT2D eigenvalue weighted by atomic mass is 19.4. The van der Waals surface area contributed by atoms with Gasteiger partial charge in [-0.25, -0.2) is 9.37 Å². The van der Waals surface area contributed by atoms with Crippen LogP contribution in [0.1, 0.15) is 13.8 Å². The second-order valence-electron chi connectivity index (χ2n) is 7.32. The van der Waals surface area contributed by atoms with Gasteiger partial charge < -0.3 is 20.5 Å². The molecule has 32 heavy (non-hydrogen) atoms. The maximum absolute atomic E-state index is 14.1. The minimum absolute atomic E-state index is 0.0405. The minimum Gasteiger partial charge on any atom is -0.406 e. The van der Waals surface area contributed by atoms with E-state index in [1.54, 1.807) is 18.2 Å². The first kappa shape index (κ1) is 23.3. The van der Waals surface area contributed by atoms with Crippen LogP contribution in [0.15, 0.2) is 54.6 Å². The molecule has 0 fully saturated rings. The van der Waals surface area contributed by atoms with Gasteiger partial charge in [-0.15, -0.1) is 13.2 Å². The SMILES string of the molecule is CC(C)[C@H](CO)Nc1nc(Nc2ccccc2F)cc(-c2cccc(OC(F)(F)F)c2)n1. The zero-order valence-electron chi connectivity index (χ0n) is 17.3. The second kappa shape index (κ2) is 9.82. The summed E-state index contributed by atoms with van der Waals surface area (Å²) in [6.45, 7) is 3.61. The lowest BCUT2D eigenvalue weighted by Crippen LogP contribution is -2.30. The lowest BCUT2D eigenvalue weighted by molar-refractivity contribution is -0.274. The van der Waals surface area contributed by atoms with Crippen LogP contribution in [0.25, 0.3) is 11.3 Å². The topological polar surface area (TPSA) is 79.3 Å². The molecule has 0 saturated carbocycles. The average molecular weight is 450 g/mol. The molecule has 0 radical (unpaired) electrons. The third-order valence-corrected chi connectivity index (χ3v) is 4.54. The number of hydrogen-bond donors (Lipinski definition) is 3. The van der Waals surface area contributed by atoms with Gasteiger partial charge in [0.2, 0.25) is 5.95 Å². The van der Waals surface area contributed by atoms with Crippen molar-refractivity contribution < 1.29 is 27.4 Å². The summed E-state index contributed by atoms with van der Waals surface area (Å²) in [5, 5.41) is 15.5. The Balaban J connectivity index is 2.02. The summed E-state index contributed by atoms with van der Waals surface area (Å²) in [6, 6.07) is 12.4. The van der Waals surface area contributed by atoms with Crippen LogP contribution in [0, 0.1) is 11.7 Å². The van der Waals surface area contributed by atoms with Crippen LogP contribution in [0.4, 0.5) is 35.0 Å². The molecule has 0 amide bonds. The summed E-state index contributed by atoms with van der Waals surface area (Å²) >= 11 is 0. The van der Waals surface area contributed by atoms with E-state index in [1.165, 1.54) is 36.4 Å². The monoisotopic (exact) mass is 450 g/mol. The Morgan fingerprint density at radius 1 is 1.03 bits per heavy atom. The van der Waals surface area contributed by atoms with E-state index in [0.717, 1.165) is 0 Å². The fourth-order valence-electron chi connectivity index (χ4n) is 2.87. The van der Waals surface area contributed by atoms with Gasteiger partial charge >= 0.3 is 6.36 Å². The number of aromatic nitrogens is 2. The summed E-state index contributed by atoms with van der Waals surface area (Å²) in [7, 11) is 0. The summed E-state index contributed by atoms with van der Waals surface area (Å²) in [5.41, 5.74) is 0.771. The molecule has 0 unspecified atom stereocenters. The first-order valence-corrected chi connectivity index (χ1v) is 9.79. The molecule has 6 nitrogen and oxygen atoms in total. The molecule has 3 aromatic rings. The van der Waals surface area contributed by atoms with Crippen molar-refractivity contribution in [2.45, 2.75) is 26.3 Å². The maximum Gasteiger partial charge on any atom is 0.573 e. The Hall–Kier alpha value is -3.40. The molecule has 1 aromatic heterocycles. The molecule has 2 aromatic carbocycles. The van der Waals surface area contributed by atoms with Crippen LogP contribution in [0.3, 0.4) is 0 Å². The molecule has 0 aliphatic heterocycles. The Kier molecular flexibility index (Phi) is 7.14. The molecule has 0 spiro atoms. The fourth-order valence-corrected chi connectivity index (χ4v) is 2.87. The fraction of sp³-hybridized carbons (Fsp3) is 0.273. The number of halogens is 4. The Morgan fingerprint density at radius 2 is 1.78 bits per heavy atom. The number of ether oxygens (including phenoxy) is 1. The second-order valence-corrected chi connectivity index (χ2v) is 7.32. The van der Waals surface area contributed by atoms with Crippen molar-refractivity contribution in [1.82, 2.24) is 9.97 Å². The molecular formula is C22H22F4N4O2. The van der Waals surface area contributed by atoms with Gasteiger partial charge in [0.1, 0.15) is 17.4 Å². The summed E-state index contributed by atoms with van der Waals surface area (Å²) in [4.78, 5) is 8.70. The van der Waals surface area contributed by atoms with E-state index in [-0.39, 0.29) is 41.7 Å². The van der Waals surface area contributed by atoms with Gasteiger partial charge in [0.25, 0.3) is 0 Å². The normalized spacial score (nSPS) is 12.5. The molecule has 3 rings (SSSR count). The lowest BCUT2D eigenvalue weighted by atomic mass is 10.1. The largest absolute Gasteiger partial charge is 0.573 e. The molecule has 1 atom stereocenters. The van der Waals surface area contributed by atoms with Crippen molar-refractivity contribution in [3.05, 3.63) is 60.4 Å². The Labute approximate surface area is 182 Å². The van der Waals surface area contributed by atoms with Crippen molar-refractivity contribution >= 4 is 17.5 Å². The highest BCUT2D eigenvalue weighted by Gasteiger charge is 2.31. The van der Waals surface area contributed by atoms with Crippen LogP contribution in [0.5, 0.6) is 5.75 Å². The zero-order chi connectivity index (χ0) is 23.3. The molecule has 3 N–H and O–H groups in total. The predicted molar refractivity (Wildman–Crippen MR) is 113 cm³/mol. The van der Waals surface area contributed by atoms with E-state index in [0.29, 0.717) is 5.56 Å². The number of rotatable bonds is 8. The molecule has 0 aliphatic rings. The number of benzene rings is 2. The van der Waals surface area contributed by atoms with Gasteiger partial charge in [-0.2, -0.15) is 4.98 Å². The van der Waals surface area contributed by atoms with E-state index >= 15 is 0 Å². The van der Waals surface area contributed by atoms with Gasteiger partial charge in [0.15, 0.2) is 0 Å². The molecule has 1 heterocycles. The van der Waals surface area contributed by atoms with Crippen LogP contribution in [-0.4, -0.2) is 34.1 Å². The first-order chi connectivity index (χ1) is 15.1. The summed E-state index contributed by atoms with van der Waals surface area (Å²) in [6.07, 6.45) is -4.83. The van der Waals surface area contributed by atoms with Crippen molar-refractivity contribution in [3.8, 4) is 17.0 Å². The van der Waals surface area contributed by atoms with E-state index in [4.69, 9.17) is 0 Å². The first-order valence-electron chi connectivity index (χ1n) is 9.79. The van der Waals surface area contributed by atoms with Crippen LogP contribution in [0.2, 0.25) is 0 Å². The van der Waals surface area contributed by atoms with Gasteiger partial charge in [-0.05, 0) is 30.2 Å². The van der Waals surface area contributed by atoms with Gasteiger partial charge in [0.05, 0.1) is 24.0 Å². The van der Waals surface area contributed by atoms with Crippen LogP contribution < -0.4 is 15.4 Å². The standard InChI is InChI=1S/C22H22F4N4O2/c1-13(2)19(12-31)29-21-28-18(14-6-5-7-15(10-14)32-22(24,25)26)11-20(30-21)27-17-9-4-3-8-16(17)23/h3-11,13,19,31H,12H2,1-2H3,(H2,27,28,29,30)/t19-/m0/s1. The van der Waals surface area contributed by atoms with Gasteiger partial charge in [0, 0.05) is 11.6 Å². The van der Waals surface area contributed by atoms with E-state index in [1.807, 2.05) is 13.8 Å². The number of hydrogen-bond acceptors (Lipinski definition) is 6. The zero-order valence-corrected chi connectivity index (χ0v) is 17.3. The molecule has 0 aliphatic carbocycles. The molecular weight excluding hydrogens is 428 g/mol. The summed E-state index contributed by atoms with van der Waals surface area (Å²) < 4.78 is 55.9. The number of aliphatic hydroxyl groups excluding tert-OH is 1. The van der Waals surface area contributed by atoms with Crippen molar-refractivity contribution in [1.29, 1.82) is 0 Å². The third-order valence-electron chi connectivity index (χ3n) is 4.54. The smallest absolute Gasteiger partial charge is 0.406 e. The van der Waals surface area contributed by atoms with E-state index in [2.05, 4.69) is 25.3 Å². The highest BCUT2D eigenvalue weighted by molar-refractivity contribution is 5.68. The molecule has 170 valence electrons. The molecule has 0 saturated heterocycles. The van der Waals surface area contributed by atoms with Gasteiger partial charge in [-0.1, -0.05) is 38.1 Å². The number of para-hydroxylation sites is 1. The number of anilines is 3. The predicted octanol–water partition coefficient (Wildman–Crippen LogP) is 5.35. The number of alkyl halides is 3. The molecule has 10 heteroatoms. The average Bonchev–Trinajstić information content (AvgIpc) is 2.72. The minimum atomic E-state index is -4.83. The quantitative estimate of drug-likeness (QED) is 0.402. The number of aliphatic hydroxyl groups is 1. The van der Waals surface area contributed by atoms with Crippen molar-refractivity contribution in [3.63, 3.8) is 0 Å². The van der Waals surface area contributed by atoms with Crippen molar-refractivity contribution in [2.75, 3.05) is 17.2 Å². The highest BCUT2D eigenvalue weighted by Crippen LogP contribution is 2.30. The van der Waals surface area contributed by atoms with E-state index < -0.39 is 17.9 Å². The maximum atomic E-state index is 14.1. The van der Waals surface area contributed by atoms with Crippen LogP contribution in [-0.2, 0) is 0 Å². The van der Waals surface area contributed by atoms with Gasteiger partial charge in [-0.3, -0.25) is 0 Å². The van der Waals surface area contributed by atoms with Crippen LogP contribution >= 0.6 is 0 Å². The summed E-state index contributed by atoms with van der Waals surface area (Å²) in [5.74, 6) is -0.527. The van der Waals surface area contributed by atoms with Crippen molar-refractivity contribution in [2.24, 2.45) is 5.92 Å². The number of nitrogens with zero attached hydrogens (tertiary/aromatic N) is 2. The number of nitrogens with one attached hydrogen (secondary N) is 2. The lowest BCUT2D eigenvalue weighted by Gasteiger charge is -2.21. The Bertz CT molecular complexity index is 1060. The molecule has 0 bridgehead atoms.